The predicted octanol–water partition coefficient (Wildman–Crippen LogP) is 1.43. The molecule has 0 unspecified atom stereocenters. The SMILES string of the molecule is Cn1ccc(C#Cc2cccc(Oc3nn[nH]c3C(=O)O)c2)n1. The maximum atomic E-state index is 11.0. The number of aromatic carboxylic acids is 1. The molecule has 3 aromatic rings. The Morgan fingerprint density at radius 3 is 2.96 bits per heavy atom. The summed E-state index contributed by atoms with van der Waals surface area (Å²) in [7, 11) is 1.82. The van der Waals surface area contributed by atoms with Crippen molar-refractivity contribution in [2.24, 2.45) is 7.05 Å². The smallest absolute Gasteiger partial charge is 0.359 e. The second-order valence-corrected chi connectivity index (χ2v) is 4.55. The van der Waals surface area contributed by atoms with E-state index in [1.165, 1.54) is 0 Å². The lowest BCUT2D eigenvalue weighted by atomic mass is 10.2. The molecule has 0 saturated heterocycles. The lowest BCUT2D eigenvalue weighted by Gasteiger charge is -2.02. The Labute approximate surface area is 130 Å². The normalized spacial score (nSPS) is 9.96. The lowest BCUT2D eigenvalue weighted by Crippen LogP contribution is -1.99. The van der Waals surface area contributed by atoms with Gasteiger partial charge in [-0.25, -0.2) is 9.89 Å². The molecule has 1 aromatic carbocycles. The van der Waals surface area contributed by atoms with Gasteiger partial charge in [0.2, 0.25) is 5.69 Å². The van der Waals surface area contributed by atoms with Gasteiger partial charge in [-0.05, 0) is 30.2 Å². The number of aromatic amines is 1. The van der Waals surface area contributed by atoms with Crippen molar-refractivity contribution in [3.05, 3.63) is 53.5 Å². The number of rotatable bonds is 3. The van der Waals surface area contributed by atoms with Crippen molar-refractivity contribution in [1.29, 1.82) is 0 Å². The molecule has 0 aliphatic heterocycles. The number of nitrogens with one attached hydrogen (secondary N) is 1. The molecule has 0 fully saturated rings. The van der Waals surface area contributed by atoms with E-state index in [0.29, 0.717) is 17.0 Å². The molecule has 0 atom stereocenters. The summed E-state index contributed by atoms with van der Waals surface area (Å²) < 4.78 is 7.10. The maximum Gasteiger partial charge on any atom is 0.359 e. The van der Waals surface area contributed by atoms with Crippen LogP contribution in [0, 0.1) is 11.8 Å². The molecule has 23 heavy (non-hydrogen) atoms. The summed E-state index contributed by atoms with van der Waals surface area (Å²) >= 11 is 0. The summed E-state index contributed by atoms with van der Waals surface area (Å²) in [6.07, 6.45) is 1.81. The first-order chi connectivity index (χ1) is 11.1. The first-order valence-corrected chi connectivity index (χ1v) is 6.56. The average molecular weight is 309 g/mol. The molecule has 2 N–H and O–H groups in total. The monoisotopic (exact) mass is 309 g/mol. The lowest BCUT2D eigenvalue weighted by molar-refractivity contribution is 0.0687. The zero-order chi connectivity index (χ0) is 16.2. The quantitative estimate of drug-likeness (QED) is 0.709. The van der Waals surface area contributed by atoms with Crippen LogP contribution in [-0.2, 0) is 7.05 Å². The summed E-state index contributed by atoms with van der Waals surface area (Å²) in [5, 5.41) is 22.4. The van der Waals surface area contributed by atoms with Gasteiger partial charge >= 0.3 is 5.97 Å². The van der Waals surface area contributed by atoms with E-state index in [-0.39, 0.29) is 11.6 Å². The van der Waals surface area contributed by atoms with Crippen LogP contribution >= 0.6 is 0 Å². The Morgan fingerprint density at radius 1 is 1.35 bits per heavy atom. The van der Waals surface area contributed by atoms with Gasteiger partial charge in [-0.3, -0.25) is 4.68 Å². The zero-order valence-corrected chi connectivity index (χ0v) is 12.0. The summed E-state index contributed by atoms with van der Waals surface area (Å²) in [5.41, 5.74) is 1.15. The van der Waals surface area contributed by atoms with Crippen LogP contribution in [0.1, 0.15) is 21.7 Å². The number of carboxylic acids is 1. The second kappa shape index (κ2) is 6.03. The predicted molar refractivity (Wildman–Crippen MR) is 79.0 cm³/mol. The minimum absolute atomic E-state index is 0.104. The van der Waals surface area contributed by atoms with Gasteiger partial charge in [0.05, 0.1) is 0 Å². The van der Waals surface area contributed by atoms with Gasteiger partial charge in [0.15, 0.2) is 0 Å². The fourth-order valence-electron chi connectivity index (χ4n) is 1.80. The van der Waals surface area contributed by atoms with Crippen molar-refractivity contribution >= 4 is 5.97 Å². The summed E-state index contributed by atoms with van der Waals surface area (Å²) in [6, 6.07) is 8.71. The standard InChI is InChI=1S/C15H11N5O3/c1-20-8-7-11(18-20)6-5-10-3-2-4-12(9-10)23-14-13(15(21)22)16-19-17-14/h2-4,7-9H,1H3,(H,21,22)(H,16,17,19). The van der Waals surface area contributed by atoms with Gasteiger partial charge in [0, 0.05) is 18.8 Å². The van der Waals surface area contributed by atoms with Crippen LogP contribution in [-0.4, -0.2) is 36.3 Å². The number of hydrogen-bond acceptors (Lipinski definition) is 5. The Morgan fingerprint density at radius 2 is 2.22 bits per heavy atom. The molecular formula is C15H11N5O3. The van der Waals surface area contributed by atoms with Gasteiger partial charge in [0.25, 0.3) is 5.88 Å². The number of benzene rings is 1. The fraction of sp³-hybridized carbons (Fsp3) is 0.0667. The Hall–Kier alpha value is -3.60. The first-order valence-electron chi connectivity index (χ1n) is 6.56. The summed E-state index contributed by atoms with van der Waals surface area (Å²) in [5.74, 6) is 5.01. The third-order valence-corrected chi connectivity index (χ3v) is 2.83. The van der Waals surface area contributed by atoms with Crippen molar-refractivity contribution in [2.75, 3.05) is 0 Å². The molecule has 0 amide bonds. The van der Waals surface area contributed by atoms with E-state index in [1.807, 2.05) is 25.4 Å². The van der Waals surface area contributed by atoms with E-state index in [0.717, 1.165) is 0 Å². The highest BCUT2D eigenvalue weighted by atomic mass is 16.5. The number of aromatic nitrogens is 5. The molecule has 2 aromatic heterocycles. The minimum atomic E-state index is -1.20. The molecule has 8 nitrogen and oxygen atoms in total. The Bertz CT molecular complexity index is 916. The van der Waals surface area contributed by atoms with Crippen molar-refractivity contribution < 1.29 is 14.6 Å². The molecule has 0 bridgehead atoms. The summed E-state index contributed by atoms with van der Waals surface area (Å²) in [4.78, 5) is 11.0. The molecule has 114 valence electrons. The number of ether oxygens (including phenoxy) is 1. The molecule has 0 aliphatic carbocycles. The largest absolute Gasteiger partial charge is 0.476 e. The number of carbonyl (C=O) groups is 1. The van der Waals surface area contributed by atoms with Gasteiger partial charge in [-0.2, -0.15) is 5.10 Å². The zero-order valence-electron chi connectivity index (χ0n) is 12.0. The van der Waals surface area contributed by atoms with E-state index < -0.39 is 5.97 Å². The number of hydrogen-bond donors (Lipinski definition) is 2. The van der Waals surface area contributed by atoms with Crippen molar-refractivity contribution in [3.63, 3.8) is 0 Å². The van der Waals surface area contributed by atoms with Crippen molar-refractivity contribution in [2.45, 2.75) is 0 Å². The van der Waals surface area contributed by atoms with Crippen LogP contribution in [0.2, 0.25) is 0 Å². The van der Waals surface area contributed by atoms with E-state index in [2.05, 4.69) is 32.4 Å². The highest BCUT2D eigenvalue weighted by Crippen LogP contribution is 2.22. The molecule has 3 rings (SSSR count). The third kappa shape index (κ3) is 3.36. The van der Waals surface area contributed by atoms with Crippen LogP contribution in [0.5, 0.6) is 11.6 Å². The van der Waals surface area contributed by atoms with E-state index in [4.69, 9.17) is 9.84 Å². The molecular weight excluding hydrogens is 298 g/mol. The van der Waals surface area contributed by atoms with Crippen LogP contribution in [0.25, 0.3) is 0 Å². The number of aryl methyl sites for hydroxylation is 1. The highest BCUT2D eigenvalue weighted by molar-refractivity contribution is 5.87. The second-order valence-electron chi connectivity index (χ2n) is 4.55. The molecule has 0 aliphatic rings. The van der Waals surface area contributed by atoms with Crippen molar-refractivity contribution in [1.82, 2.24) is 25.2 Å². The number of nitrogens with zero attached hydrogens (tertiary/aromatic N) is 4. The van der Waals surface area contributed by atoms with Gasteiger partial charge in [-0.15, -0.1) is 0 Å². The molecule has 8 heteroatoms. The first kappa shape index (κ1) is 14.3. The number of H-pyrrole nitrogens is 1. The molecule has 0 radical (unpaired) electrons. The number of carboxylic acid groups (broad SMARTS) is 1. The Kier molecular flexibility index (Phi) is 3.76. The Balaban J connectivity index is 1.81. The molecule has 0 saturated carbocycles. The molecule has 2 heterocycles. The topological polar surface area (TPSA) is 106 Å². The van der Waals surface area contributed by atoms with Gasteiger partial charge in [0.1, 0.15) is 11.4 Å². The van der Waals surface area contributed by atoms with Crippen LogP contribution in [0.3, 0.4) is 0 Å². The van der Waals surface area contributed by atoms with Gasteiger partial charge < -0.3 is 9.84 Å². The highest BCUT2D eigenvalue weighted by Gasteiger charge is 2.16. The fourth-order valence-corrected chi connectivity index (χ4v) is 1.80. The molecule has 0 spiro atoms. The summed E-state index contributed by atoms with van der Waals surface area (Å²) in [6.45, 7) is 0. The van der Waals surface area contributed by atoms with Gasteiger partial charge in [-0.1, -0.05) is 22.3 Å². The van der Waals surface area contributed by atoms with Crippen LogP contribution in [0.15, 0.2) is 36.5 Å². The van der Waals surface area contributed by atoms with Crippen molar-refractivity contribution in [3.8, 4) is 23.5 Å². The van der Waals surface area contributed by atoms with E-state index >= 15 is 0 Å². The average Bonchev–Trinajstić information content (AvgIpc) is 3.14. The minimum Gasteiger partial charge on any atom is -0.476 e. The van der Waals surface area contributed by atoms with Crippen LogP contribution in [0.4, 0.5) is 0 Å². The third-order valence-electron chi connectivity index (χ3n) is 2.83. The van der Waals surface area contributed by atoms with E-state index in [9.17, 15) is 4.79 Å². The van der Waals surface area contributed by atoms with E-state index in [1.54, 1.807) is 22.9 Å². The maximum absolute atomic E-state index is 11.0. The van der Waals surface area contributed by atoms with Crippen LogP contribution < -0.4 is 4.74 Å².